The van der Waals surface area contributed by atoms with Crippen molar-refractivity contribution in [3.63, 3.8) is 0 Å². The minimum Gasteiger partial charge on any atom is -0.383 e. The van der Waals surface area contributed by atoms with E-state index in [1.807, 2.05) is 13.0 Å². The Morgan fingerprint density at radius 3 is 2.70 bits per heavy atom. The smallest absolute Gasteiger partial charge is 0.107 e. The Morgan fingerprint density at radius 1 is 1.10 bits per heavy atom. The molecule has 0 fully saturated rings. The number of benzene rings is 2. The molecule has 4 rings (SSSR count). The molecule has 2 heteroatoms. The summed E-state index contributed by atoms with van der Waals surface area (Å²) in [5.41, 5.74) is 5.39. The topological polar surface area (TPSA) is 23.5 Å². The lowest BCUT2D eigenvalue weighted by Crippen LogP contribution is -2.46. The van der Waals surface area contributed by atoms with Crippen molar-refractivity contribution in [2.45, 2.75) is 25.0 Å². The molecule has 1 aliphatic heterocycles. The molecule has 0 saturated carbocycles. The molecule has 0 amide bonds. The lowest BCUT2D eigenvalue weighted by atomic mass is 9.69. The molecular formula is C18H19NO. The zero-order valence-corrected chi connectivity index (χ0v) is 11.9. The first-order chi connectivity index (χ1) is 9.60. The van der Waals surface area contributed by atoms with Gasteiger partial charge in [0.15, 0.2) is 0 Å². The summed E-state index contributed by atoms with van der Waals surface area (Å²) in [5.74, 6) is 0. The molecular weight excluding hydrogens is 246 g/mol. The van der Waals surface area contributed by atoms with Crippen LogP contribution in [0.4, 0.5) is 0 Å². The summed E-state index contributed by atoms with van der Waals surface area (Å²) in [7, 11) is 2.12. The first kappa shape index (κ1) is 12.1. The summed E-state index contributed by atoms with van der Waals surface area (Å²) in [6, 6.07) is 14.9. The van der Waals surface area contributed by atoms with Crippen LogP contribution in [0.5, 0.6) is 0 Å². The van der Waals surface area contributed by atoms with Gasteiger partial charge in [0.1, 0.15) is 5.60 Å². The minimum absolute atomic E-state index is 0.0531. The number of hydrogen-bond donors (Lipinski definition) is 1. The lowest BCUT2D eigenvalue weighted by molar-refractivity contribution is -0.0378. The second-order valence-corrected chi connectivity index (χ2v) is 6.20. The predicted octanol–water partition coefficient (Wildman–Crippen LogP) is 3.10. The summed E-state index contributed by atoms with van der Waals surface area (Å²) in [6.07, 6.45) is 1.06. The van der Waals surface area contributed by atoms with Gasteiger partial charge in [0, 0.05) is 6.54 Å². The van der Waals surface area contributed by atoms with Crippen molar-refractivity contribution in [2.75, 3.05) is 13.6 Å². The zero-order chi connectivity index (χ0) is 13.9. The van der Waals surface area contributed by atoms with E-state index in [4.69, 9.17) is 0 Å². The van der Waals surface area contributed by atoms with Crippen molar-refractivity contribution >= 4 is 0 Å². The molecule has 2 aromatic rings. The van der Waals surface area contributed by atoms with Gasteiger partial charge in [-0.1, -0.05) is 42.5 Å². The molecule has 1 heterocycles. The molecule has 0 saturated heterocycles. The largest absolute Gasteiger partial charge is 0.383 e. The molecule has 2 nitrogen and oxygen atoms in total. The van der Waals surface area contributed by atoms with Crippen LogP contribution in [0.25, 0.3) is 11.1 Å². The Hall–Kier alpha value is -1.64. The molecule has 102 valence electrons. The standard InChI is InChI=1S/C18H19NO/c1-18(20)15-9-4-3-7-13(15)14-8-5-6-12-10-11-19(2)17(18)16(12)14/h3-9,17,20H,10-11H2,1-2H3. The summed E-state index contributed by atoms with van der Waals surface area (Å²) in [6.45, 7) is 2.96. The van der Waals surface area contributed by atoms with Crippen LogP contribution in [0.2, 0.25) is 0 Å². The Labute approximate surface area is 119 Å². The quantitative estimate of drug-likeness (QED) is 0.791. The van der Waals surface area contributed by atoms with Crippen molar-refractivity contribution in [1.29, 1.82) is 0 Å². The summed E-state index contributed by atoms with van der Waals surface area (Å²) < 4.78 is 0. The van der Waals surface area contributed by atoms with E-state index in [1.54, 1.807) is 0 Å². The van der Waals surface area contributed by atoms with Crippen molar-refractivity contribution in [1.82, 2.24) is 4.90 Å². The normalized spacial score (nSPS) is 27.9. The molecule has 0 radical (unpaired) electrons. The van der Waals surface area contributed by atoms with Crippen LogP contribution in [0, 0.1) is 0 Å². The molecule has 2 atom stereocenters. The number of fused-ring (bicyclic) bond motifs is 2. The highest BCUT2D eigenvalue weighted by atomic mass is 16.3. The minimum atomic E-state index is -0.838. The molecule has 2 aliphatic rings. The van der Waals surface area contributed by atoms with Gasteiger partial charge in [0.2, 0.25) is 0 Å². The van der Waals surface area contributed by atoms with E-state index < -0.39 is 5.60 Å². The fourth-order valence-corrected chi connectivity index (χ4v) is 4.05. The zero-order valence-electron chi connectivity index (χ0n) is 11.9. The number of likely N-dealkylation sites (N-methyl/N-ethyl adjacent to an activating group) is 1. The van der Waals surface area contributed by atoms with Crippen LogP contribution < -0.4 is 0 Å². The molecule has 0 aromatic heterocycles. The van der Waals surface area contributed by atoms with E-state index in [0.717, 1.165) is 18.5 Å². The van der Waals surface area contributed by atoms with Crippen molar-refractivity contribution < 1.29 is 5.11 Å². The monoisotopic (exact) mass is 265 g/mol. The number of nitrogens with zero attached hydrogens (tertiary/aromatic N) is 1. The lowest BCUT2D eigenvalue weighted by Gasteiger charge is -2.48. The molecule has 2 unspecified atom stereocenters. The van der Waals surface area contributed by atoms with Crippen molar-refractivity contribution in [3.05, 3.63) is 59.2 Å². The summed E-state index contributed by atoms with van der Waals surface area (Å²) >= 11 is 0. The third-order valence-electron chi connectivity index (χ3n) is 4.94. The van der Waals surface area contributed by atoms with Gasteiger partial charge in [0.25, 0.3) is 0 Å². The van der Waals surface area contributed by atoms with E-state index in [0.29, 0.717) is 0 Å². The number of aliphatic hydroxyl groups is 1. The second-order valence-electron chi connectivity index (χ2n) is 6.20. The van der Waals surface area contributed by atoms with Crippen LogP contribution in [0.3, 0.4) is 0 Å². The van der Waals surface area contributed by atoms with Crippen LogP contribution in [-0.4, -0.2) is 23.6 Å². The van der Waals surface area contributed by atoms with E-state index in [1.165, 1.54) is 22.3 Å². The maximum Gasteiger partial charge on any atom is 0.107 e. The number of rotatable bonds is 0. The summed E-state index contributed by atoms with van der Waals surface area (Å²) in [5, 5.41) is 11.2. The first-order valence-electron chi connectivity index (χ1n) is 7.25. The fraction of sp³-hybridized carbons (Fsp3) is 0.333. The molecule has 0 spiro atoms. The van der Waals surface area contributed by atoms with Gasteiger partial charge in [-0.2, -0.15) is 0 Å². The van der Waals surface area contributed by atoms with Gasteiger partial charge >= 0.3 is 0 Å². The Balaban J connectivity index is 2.11. The molecule has 0 bridgehead atoms. The average molecular weight is 265 g/mol. The Kier molecular flexibility index (Phi) is 2.39. The highest BCUT2D eigenvalue weighted by Crippen LogP contribution is 2.52. The second kappa shape index (κ2) is 3.94. The fourth-order valence-electron chi connectivity index (χ4n) is 4.05. The average Bonchev–Trinajstić information content (AvgIpc) is 2.45. The van der Waals surface area contributed by atoms with Gasteiger partial charge < -0.3 is 5.11 Å². The van der Waals surface area contributed by atoms with Gasteiger partial charge in [-0.05, 0) is 48.2 Å². The first-order valence-corrected chi connectivity index (χ1v) is 7.25. The van der Waals surface area contributed by atoms with E-state index >= 15 is 0 Å². The van der Waals surface area contributed by atoms with E-state index in [9.17, 15) is 5.11 Å². The third kappa shape index (κ3) is 1.41. The van der Waals surface area contributed by atoms with Crippen molar-refractivity contribution in [3.8, 4) is 11.1 Å². The summed E-state index contributed by atoms with van der Waals surface area (Å²) in [4.78, 5) is 2.29. The predicted molar refractivity (Wildman–Crippen MR) is 80.5 cm³/mol. The number of hydrogen-bond acceptors (Lipinski definition) is 2. The molecule has 2 aromatic carbocycles. The molecule has 20 heavy (non-hydrogen) atoms. The highest BCUT2D eigenvalue weighted by molar-refractivity contribution is 5.77. The van der Waals surface area contributed by atoms with Crippen LogP contribution in [0.15, 0.2) is 42.5 Å². The Morgan fingerprint density at radius 2 is 1.85 bits per heavy atom. The van der Waals surface area contributed by atoms with Gasteiger partial charge in [-0.25, -0.2) is 0 Å². The maximum atomic E-state index is 11.2. The van der Waals surface area contributed by atoms with Gasteiger partial charge in [-0.3, -0.25) is 4.90 Å². The van der Waals surface area contributed by atoms with Gasteiger partial charge in [-0.15, -0.1) is 0 Å². The van der Waals surface area contributed by atoms with Crippen LogP contribution in [-0.2, 0) is 12.0 Å². The Bertz CT molecular complexity index is 690. The van der Waals surface area contributed by atoms with E-state index in [-0.39, 0.29) is 6.04 Å². The van der Waals surface area contributed by atoms with E-state index in [2.05, 4.69) is 48.3 Å². The highest BCUT2D eigenvalue weighted by Gasteiger charge is 2.46. The van der Waals surface area contributed by atoms with Crippen molar-refractivity contribution in [2.24, 2.45) is 0 Å². The molecule has 1 N–H and O–H groups in total. The van der Waals surface area contributed by atoms with Gasteiger partial charge in [0.05, 0.1) is 6.04 Å². The van der Waals surface area contributed by atoms with Crippen LogP contribution >= 0.6 is 0 Å². The molecule has 1 aliphatic carbocycles. The SMILES string of the molecule is CN1CCc2cccc3c2C1C(C)(O)c1ccccc1-3. The van der Waals surface area contributed by atoms with Crippen LogP contribution in [0.1, 0.15) is 29.7 Å². The maximum absolute atomic E-state index is 11.2. The third-order valence-corrected chi connectivity index (χ3v) is 4.94.